The lowest BCUT2D eigenvalue weighted by molar-refractivity contribution is -0.122. The molecule has 2 rings (SSSR count). The Balaban J connectivity index is 2.11. The van der Waals surface area contributed by atoms with Gasteiger partial charge in [0, 0.05) is 6.54 Å². The minimum absolute atomic E-state index is 0.0912. The monoisotopic (exact) mass is 299 g/mol. The van der Waals surface area contributed by atoms with Crippen LogP contribution in [0, 0.1) is 5.92 Å². The molecular formula is C19H25NO2. The number of carbonyl (C=O) groups excluding carboxylic acids is 1. The fourth-order valence-electron chi connectivity index (χ4n) is 2.43. The third-order valence-electron chi connectivity index (χ3n) is 3.99. The van der Waals surface area contributed by atoms with Crippen LogP contribution in [0.2, 0.25) is 0 Å². The van der Waals surface area contributed by atoms with Gasteiger partial charge in [-0.25, -0.2) is 0 Å². The predicted octanol–water partition coefficient (Wildman–Crippen LogP) is 4.11. The van der Waals surface area contributed by atoms with Gasteiger partial charge in [-0.2, -0.15) is 0 Å². The molecule has 0 radical (unpaired) electrons. The third kappa shape index (κ3) is 4.00. The number of benzene rings is 2. The van der Waals surface area contributed by atoms with Crippen molar-refractivity contribution in [2.24, 2.45) is 5.92 Å². The number of hydrogen-bond acceptors (Lipinski definition) is 2. The van der Waals surface area contributed by atoms with Crippen LogP contribution in [0.15, 0.2) is 36.4 Å². The molecule has 0 saturated carbocycles. The van der Waals surface area contributed by atoms with Crippen LogP contribution < -0.4 is 10.1 Å². The zero-order chi connectivity index (χ0) is 16.1. The fraction of sp³-hybridized carbons (Fsp3) is 0.421. The highest BCUT2D eigenvalue weighted by Gasteiger charge is 2.15. The first-order valence-electron chi connectivity index (χ1n) is 7.86. The molecule has 0 unspecified atom stereocenters. The van der Waals surface area contributed by atoms with Crippen LogP contribution in [0.4, 0.5) is 0 Å². The van der Waals surface area contributed by atoms with E-state index >= 15 is 0 Å². The van der Waals surface area contributed by atoms with Crippen molar-refractivity contribution in [3.8, 4) is 5.75 Å². The van der Waals surface area contributed by atoms with E-state index in [1.165, 1.54) is 0 Å². The number of nitrogens with one attached hydrogen (secondary N) is 1. The van der Waals surface area contributed by atoms with E-state index in [4.69, 9.17) is 4.74 Å². The molecule has 0 heterocycles. The molecule has 3 nitrogen and oxygen atoms in total. The first-order chi connectivity index (χ1) is 10.5. The predicted molar refractivity (Wildman–Crippen MR) is 91.4 cm³/mol. The van der Waals surface area contributed by atoms with E-state index in [9.17, 15) is 4.79 Å². The Morgan fingerprint density at radius 2 is 1.77 bits per heavy atom. The van der Waals surface area contributed by atoms with Gasteiger partial charge in [0.1, 0.15) is 5.75 Å². The van der Waals surface area contributed by atoms with Gasteiger partial charge in [0.15, 0.2) is 0 Å². The maximum absolute atomic E-state index is 12.2. The quantitative estimate of drug-likeness (QED) is 0.871. The summed E-state index contributed by atoms with van der Waals surface area (Å²) >= 11 is 0. The summed E-state index contributed by atoms with van der Waals surface area (Å²) in [5.74, 6) is 1.40. The minimum atomic E-state index is -0.140. The molecule has 0 spiro atoms. The molecule has 0 aliphatic heterocycles. The van der Waals surface area contributed by atoms with E-state index in [1.54, 1.807) is 7.11 Å². The van der Waals surface area contributed by atoms with Crippen molar-refractivity contribution in [1.82, 2.24) is 5.32 Å². The third-order valence-corrected chi connectivity index (χ3v) is 3.99. The van der Waals surface area contributed by atoms with Crippen LogP contribution in [-0.2, 0) is 4.79 Å². The van der Waals surface area contributed by atoms with E-state index < -0.39 is 0 Å². The van der Waals surface area contributed by atoms with Crippen LogP contribution >= 0.6 is 0 Å². The summed E-state index contributed by atoms with van der Waals surface area (Å²) in [6.45, 7) is 7.02. The summed E-state index contributed by atoms with van der Waals surface area (Å²) < 4.78 is 5.24. The minimum Gasteiger partial charge on any atom is -0.497 e. The van der Waals surface area contributed by atoms with E-state index in [-0.39, 0.29) is 11.8 Å². The lowest BCUT2D eigenvalue weighted by atomic mass is 9.97. The Morgan fingerprint density at radius 1 is 1.09 bits per heavy atom. The summed E-state index contributed by atoms with van der Waals surface area (Å²) in [6.07, 6.45) is 1.01. The van der Waals surface area contributed by atoms with Crippen LogP contribution in [-0.4, -0.2) is 19.6 Å². The van der Waals surface area contributed by atoms with Gasteiger partial charge in [0.2, 0.25) is 5.91 Å². The maximum atomic E-state index is 12.2. The molecule has 1 atom stereocenters. The Labute approximate surface area is 132 Å². The number of ether oxygens (including phenoxy) is 1. The summed E-state index contributed by atoms with van der Waals surface area (Å²) in [6, 6.07) is 12.1. The standard InChI is InChI=1S/C19H25NO2/c1-13(2)9-10-20-19(21)14(3)15-5-6-17-12-18(22-4)8-7-16(17)11-15/h5-8,11-14H,9-10H2,1-4H3,(H,20,21)/t14-/m0/s1. The Hall–Kier alpha value is -2.03. The first kappa shape index (κ1) is 16.3. The van der Waals surface area contributed by atoms with Gasteiger partial charge in [-0.3, -0.25) is 4.79 Å². The van der Waals surface area contributed by atoms with E-state index in [1.807, 2.05) is 37.3 Å². The fourth-order valence-corrected chi connectivity index (χ4v) is 2.43. The molecule has 1 N–H and O–H groups in total. The van der Waals surface area contributed by atoms with Gasteiger partial charge in [0.05, 0.1) is 13.0 Å². The molecule has 0 aromatic heterocycles. The average Bonchev–Trinajstić information content (AvgIpc) is 2.52. The summed E-state index contributed by atoms with van der Waals surface area (Å²) in [5.41, 5.74) is 1.04. The zero-order valence-corrected chi connectivity index (χ0v) is 13.8. The van der Waals surface area contributed by atoms with E-state index in [0.29, 0.717) is 5.92 Å². The van der Waals surface area contributed by atoms with Crippen molar-refractivity contribution in [3.05, 3.63) is 42.0 Å². The van der Waals surface area contributed by atoms with Gasteiger partial charge >= 0.3 is 0 Å². The van der Waals surface area contributed by atoms with Gasteiger partial charge in [-0.15, -0.1) is 0 Å². The second-order valence-corrected chi connectivity index (χ2v) is 6.17. The number of carbonyl (C=O) groups is 1. The van der Waals surface area contributed by atoms with Gasteiger partial charge in [-0.1, -0.05) is 38.1 Å². The highest BCUT2D eigenvalue weighted by Crippen LogP contribution is 2.25. The molecule has 3 heteroatoms. The summed E-state index contributed by atoms with van der Waals surface area (Å²) in [4.78, 5) is 12.2. The van der Waals surface area contributed by atoms with Gasteiger partial charge in [0.25, 0.3) is 0 Å². The van der Waals surface area contributed by atoms with Crippen molar-refractivity contribution in [2.75, 3.05) is 13.7 Å². The van der Waals surface area contributed by atoms with E-state index in [0.717, 1.165) is 35.1 Å². The van der Waals surface area contributed by atoms with Crippen molar-refractivity contribution in [2.45, 2.75) is 33.1 Å². The number of rotatable bonds is 6. The molecule has 0 aliphatic rings. The molecule has 0 bridgehead atoms. The molecule has 0 aliphatic carbocycles. The number of amides is 1. The number of hydrogen-bond donors (Lipinski definition) is 1. The Kier molecular flexibility index (Phi) is 5.42. The lowest BCUT2D eigenvalue weighted by Crippen LogP contribution is -2.29. The summed E-state index contributed by atoms with van der Waals surface area (Å²) in [5, 5.41) is 5.27. The molecule has 0 fully saturated rings. The normalized spacial score (nSPS) is 12.4. The molecule has 22 heavy (non-hydrogen) atoms. The van der Waals surface area contributed by atoms with Crippen molar-refractivity contribution >= 4 is 16.7 Å². The van der Waals surface area contributed by atoms with Gasteiger partial charge < -0.3 is 10.1 Å². The SMILES string of the molecule is COc1ccc2cc([C@H](C)C(=O)NCCC(C)C)ccc2c1. The molecular weight excluding hydrogens is 274 g/mol. The van der Waals surface area contributed by atoms with Crippen LogP contribution in [0.25, 0.3) is 10.8 Å². The van der Waals surface area contributed by atoms with Gasteiger partial charge in [-0.05, 0) is 47.7 Å². The maximum Gasteiger partial charge on any atom is 0.227 e. The smallest absolute Gasteiger partial charge is 0.227 e. The number of fused-ring (bicyclic) bond motifs is 1. The average molecular weight is 299 g/mol. The van der Waals surface area contributed by atoms with Crippen molar-refractivity contribution in [3.63, 3.8) is 0 Å². The van der Waals surface area contributed by atoms with Crippen molar-refractivity contribution < 1.29 is 9.53 Å². The van der Waals surface area contributed by atoms with Crippen LogP contribution in [0.1, 0.15) is 38.7 Å². The van der Waals surface area contributed by atoms with Crippen molar-refractivity contribution in [1.29, 1.82) is 0 Å². The second kappa shape index (κ2) is 7.30. The molecule has 2 aromatic rings. The molecule has 118 valence electrons. The molecule has 1 amide bonds. The zero-order valence-electron chi connectivity index (χ0n) is 13.8. The molecule has 0 saturated heterocycles. The lowest BCUT2D eigenvalue weighted by Gasteiger charge is -2.14. The topological polar surface area (TPSA) is 38.3 Å². The van der Waals surface area contributed by atoms with Crippen LogP contribution in [0.3, 0.4) is 0 Å². The highest BCUT2D eigenvalue weighted by molar-refractivity contribution is 5.88. The van der Waals surface area contributed by atoms with Crippen LogP contribution in [0.5, 0.6) is 5.75 Å². The Bertz CT molecular complexity index is 649. The highest BCUT2D eigenvalue weighted by atomic mass is 16.5. The molecule has 2 aromatic carbocycles. The van der Waals surface area contributed by atoms with E-state index in [2.05, 4.69) is 25.2 Å². The first-order valence-corrected chi connectivity index (χ1v) is 7.86. The second-order valence-electron chi connectivity index (χ2n) is 6.17. The number of methoxy groups -OCH3 is 1. The largest absolute Gasteiger partial charge is 0.497 e. The Morgan fingerprint density at radius 3 is 2.45 bits per heavy atom. The summed E-state index contributed by atoms with van der Waals surface area (Å²) in [7, 11) is 1.67.